The van der Waals surface area contributed by atoms with Gasteiger partial charge in [-0.3, -0.25) is 9.89 Å². The van der Waals surface area contributed by atoms with E-state index >= 15 is 0 Å². The van der Waals surface area contributed by atoms with Crippen LogP contribution in [0.2, 0.25) is 0 Å². The number of nitrogens with zero attached hydrogens (tertiary/aromatic N) is 2. The van der Waals surface area contributed by atoms with Gasteiger partial charge in [0.15, 0.2) is 5.16 Å². The molecule has 9 heteroatoms. The predicted octanol–water partition coefficient (Wildman–Crippen LogP) is 3.19. The van der Waals surface area contributed by atoms with Crippen LogP contribution in [0.1, 0.15) is 42.6 Å². The molecule has 6 nitrogen and oxygen atoms in total. The first-order valence-corrected chi connectivity index (χ1v) is 8.70. The normalized spacial score (nSPS) is 10.5. The maximum Gasteiger partial charge on any atom is 0.251 e. The van der Waals surface area contributed by atoms with E-state index in [4.69, 9.17) is 5.73 Å². The molecule has 0 aliphatic carbocycles. The molecule has 0 aliphatic rings. The summed E-state index contributed by atoms with van der Waals surface area (Å²) in [6, 6.07) is 7.61. The molecular formula is C16H25Cl2N5OS. The Labute approximate surface area is 165 Å². The Bertz CT molecular complexity index is 610. The lowest BCUT2D eigenvalue weighted by Gasteiger charge is -2.31. The summed E-state index contributed by atoms with van der Waals surface area (Å²) >= 11 is 1.57. The van der Waals surface area contributed by atoms with E-state index in [1.807, 2.05) is 38.1 Å². The Kier molecular flexibility index (Phi) is 10.8. The standard InChI is InChI=1S/C16H23N5OS.2ClH/c1-3-16(4-2,10-17)20-14(22)13-7-5-12(6-8-13)9-23-15-18-11-19-21-15;;/h5-8,11H,3-4,9-10,17H2,1-2H3,(H,20,22)(H,18,19,21);2*1H. The Morgan fingerprint density at radius 2 is 1.88 bits per heavy atom. The zero-order valence-corrected chi connectivity index (χ0v) is 16.8. The fourth-order valence-corrected chi connectivity index (χ4v) is 2.98. The number of rotatable bonds is 8. The molecule has 0 fully saturated rings. The summed E-state index contributed by atoms with van der Waals surface area (Å²) in [4.78, 5) is 16.5. The second-order valence-corrected chi connectivity index (χ2v) is 6.39. The topological polar surface area (TPSA) is 96.7 Å². The highest BCUT2D eigenvalue weighted by atomic mass is 35.5. The van der Waals surface area contributed by atoms with E-state index in [1.165, 1.54) is 6.33 Å². The van der Waals surface area contributed by atoms with E-state index < -0.39 is 0 Å². The smallest absolute Gasteiger partial charge is 0.251 e. The van der Waals surface area contributed by atoms with Crippen LogP contribution in [0.25, 0.3) is 0 Å². The van der Waals surface area contributed by atoms with Crippen molar-refractivity contribution in [3.8, 4) is 0 Å². The first-order chi connectivity index (χ1) is 11.1. The monoisotopic (exact) mass is 405 g/mol. The molecule has 4 N–H and O–H groups in total. The largest absolute Gasteiger partial charge is 0.345 e. The van der Waals surface area contributed by atoms with E-state index in [0.717, 1.165) is 29.3 Å². The van der Waals surface area contributed by atoms with Gasteiger partial charge in [-0.1, -0.05) is 37.7 Å². The van der Waals surface area contributed by atoms with E-state index in [-0.39, 0.29) is 36.3 Å². The van der Waals surface area contributed by atoms with Gasteiger partial charge >= 0.3 is 0 Å². The molecular weight excluding hydrogens is 381 g/mol. The lowest BCUT2D eigenvalue weighted by Crippen LogP contribution is -2.52. The summed E-state index contributed by atoms with van der Waals surface area (Å²) in [6.45, 7) is 4.53. The number of thioether (sulfide) groups is 1. The third-order valence-corrected chi connectivity index (χ3v) is 5.06. The average Bonchev–Trinajstić information content (AvgIpc) is 3.12. The first-order valence-electron chi connectivity index (χ1n) is 7.72. The molecule has 0 saturated heterocycles. The lowest BCUT2D eigenvalue weighted by atomic mass is 9.92. The van der Waals surface area contributed by atoms with E-state index in [2.05, 4.69) is 20.5 Å². The number of aromatic amines is 1. The molecule has 2 aromatic rings. The highest BCUT2D eigenvalue weighted by molar-refractivity contribution is 7.98. The number of aromatic nitrogens is 3. The van der Waals surface area contributed by atoms with Crippen LogP contribution in [0.15, 0.2) is 35.7 Å². The van der Waals surface area contributed by atoms with Crippen molar-refractivity contribution in [1.29, 1.82) is 0 Å². The van der Waals surface area contributed by atoms with Crippen molar-refractivity contribution in [2.45, 2.75) is 43.1 Å². The molecule has 1 aromatic carbocycles. The van der Waals surface area contributed by atoms with Crippen LogP contribution >= 0.6 is 36.6 Å². The summed E-state index contributed by atoms with van der Waals surface area (Å²) in [6.07, 6.45) is 3.12. The van der Waals surface area contributed by atoms with Crippen LogP contribution in [-0.2, 0) is 5.75 Å². The zero-order chi connectivity index (χ0) is 16.7. The van der Waals surface area contributed by atoms with Gasteiger partial charge in [-0.15, -0.1) is 24.8 Å². The number of hydrogen-bond donors (Lipinski definition) is 3. The minimum absolute atomic E-state index is 0. The van der Waals surface area contributed by atoms with Crippen molar-refractivity contribution >= 4 is 42.5 Å². The molecule has 0 saturated carbocycles. The molecule has 1 heterocycles. The Hall–Kier alpha value is -1.28. The van der Waals surface area contributed by atoms with Crippen LogP contribution in [0.4, 0.5) is 0 Å². The van der Waals surface area contributed by atoms with Crippen molar-refractivity contribution in [3.05, 3.63) is 41.7 Å². The molecule has 1 aromatic heterocycles. The van der Waals surface area contributed by atoms with Crippen LogP contribution in [-0.4, -0.2) is 33.2 Å². The van der Waals surface area contributed by atoms with Crippen molar-refractivity contribution in [3.63, 3.8) is 0 Å². The second kappa shape index (κ2) is 11.4. The molecule has 0 spiro atoms. The number of hydrogen-bond acceptors (Lipinski definition) is 5. The van der Waals surface area contributed by atoms with E-state index in [1.54, 1.807) is 11.8 Å². The first kappa shape index (κ1) is 23.7. The van der Waals surface area contributed by atoms with Gasteiger partial charge in [-0.2, -0.15) is 5.10 Å². The third kappa shape index (κ3) is 6.51. The van der Waals surface area contributed by atoms with Crippen LogP contribution in [0.5, 0.6) is 0 Å². The molecule has 0 radical (unpaired) electrons. The van der Waals surface area contributed by atoms with Crippen molar-refractivity contribution in [1.82, 2.24) is 20.5 Å². The van der Waals surface area contributed by atoms with Crippen molar-refractivity contribution in [2.75, 3.05) is 6.54 Å². The third-order valence-electron chi connectivity index (χ3n) is 4.11. The van der Waals surface area contributed by atoms with E-state index in [0.29, 0.717) is 12.1 Å². The number of halogens is 2. The highest BCUT2D eigenvalue weighted by Gasteiger charge is 2.26. The molecule has 25 heavy (non-hydrogen) atoms. The Balaban J connectivity index is 0.00000288. The number of benzene rings is 1. The predicted molar refractivity (Wildman–Crippen MR) is 107 cm³/mol. The van der Waals surface area contributed by atoms with Gasteiger partial charge in [0.25, 0.3) is 5.91 Å². The minimum atomic E-state index is -0.322. The summed E-state index contributed by atoms with van der Waals surface area (Å²) in [5, 5.41) is 10.5. The highest BCUT2D eigenvalue weighted by Crippen LogP contribution is 2.19. The minimum Gasteiger partial charge on any atom is -0.345 e. The van der Waals surface area contributed by atoms with Gasteiger partial charge in [0, 0.05) is 17.9 Å². The molecule has 0 aliphatic heterocycles. The number of H-pyrrole nitrogens is 1. The molecule has 0 atom stereocenters. The number of nitrogens with one attached hydrogen (secondary N) is 2. The summed E-state index contributed by atoms with van der Waals surface area (Å²) in [5.41, 5.74) is 7.29. The molecule has 2 rings (SSSR count). The Morgan fingerprint density at radius 1 is 1.24 bits per heavy atom. The Morgan fingerprint density at radius 3 is 2.36 bits per heavy atom. The number of carbonyl (C=O) groups is 1. The molecule has 1 amide bonds. The van der Waals surface area contributed by atoms with Gasteiger partial charge in [0.05, 0.1) is 5.54 Å². The zero-order valence-electron chi connectivity index (χ0n) is 14.3. The summed E-state index contributed by atoms with van der Waals surface area (Å²) in [5.74, 6) is 0.696. The van der Waals surface area contributed by atoms with Gasteiger partial charge in [0.1, 0.15) is 6.33 Å². The van der Waals surface area contributed by atoms with Gasteiger partial charge in [0.2, 0.25) is 0 Å². The van der Waals surface area contributed by atoms with Crippen LogP contribution in [0, 0.1) is 0 Å². The second-order valence-electron chi connectivity index (χ2n) is 5.42. The molecule has 140 valence electrons. The van der Waals surface area contributed by atoms with Crippen molar-refractivity contribution < 1.29 is 4.79 Å². The fourth-order valence-electron chi connectivity index (χ4n) is 2.25. The number of amides is 1. The average molecular weight is 406 g/mol. The molecule has 0 unspecified atom stereocenters. The quantitative estimate of drug-likeness (QED) is 0.585. The fraction of sp³-hybridized carbons (Fsp3) is 0.438. The van der Waals surface area contributed by atoms with Crippen LogP contribution < -0.4 is 11.1 Å². The number of carbonyl (C=O) groups excluding carboxylic acids is 1. The van der Waals surface area contributed by atoms with Crippen molar-refractivity contribution in [2.24, 2.45) is 5.73 Å². The maximum atomic E-state index is 12.4. The maximum absolute atomic E-state index is 12.4. The van der Waals surface area contributed by atoms with Gasteiger partial charge in [-0.25, -0.2) is 4.98 Å². The number of nitrogens with two attached hydrogens (primary N) is 1. The van der Waals surface area contributed by atoms with E-state index in [9.17, 15) is 4.79 Å². The summed E-state index contributed by atoms with van der Waals surface area (Å²) < 4.78 is 0. The SMILES string of the molecule is CCC(CC)(CN)NC(=O)c1ccc(CSc2ncn[nH]2)cc1.Cl.Cl. The van der Waals surface area contributed by atoms with Crippen LogP contribution in [0.3, 0.4) is 0 Å². The lowest BCUT2D eigenvalue weighted by molar-refractivity contribution is 0.0895. The van der Waals surface area contributed by atoms with Gasteiger partial charge in [-0.05, 0) is 30.5 Å². The molecule has 0 bridgehead atoms. The van der Waals surface area contributed by atoms with Gasteiger partial charge < -0.3 is 11.1 Å². The summed E-state index contributed by atoms with van der Waals surface area (Å²) in [7, 11) is 0.